The van der Waals surface area contributed by atoms with Gasteiger partial charge in [-0.1, -0.05) is 6.07 Å². The molecule has 98 valence electrons. The minimum absolute atomic E-state index is 0.158. The summed E-state index contributed by atoms with van der Waals surface area (Å²) in [6.45, 7) is 1.46. The van der Waals surface area contributed by atoms with Gasteiger partial charge in [-0.05, 0) is 31.4 Å². The maximum Gasteiger partial charge on any atom is 0.270 e. The van der Waals surface area contributed by atoms with Crippen LogP contribution in [0.4, 0.5) is 0 Å². The Morgan fingerprint density at radius 1 is 1.16 bits per heavy atom. The summed E-state index contributed by atoms with van der Waals surface area (Å²) < 4.78 is 1.41. The largest absolute Gasteiger partial charge is 0.338 e. The molecule has 0 N–H and O–H groups in total. The van der Waals surface area contributed by atoms with E-state index in [-0.39, 0.29) is 17.0 Å². The molecule has 0 unspecified atom stereocenters. The van der Waals surface area contributed by atoms with E-state index in [2.05, 4.69) is 4.98 Å². The molecule has 0 aromatic carbocycles. The standard InChI is InChI=1S/C14H15N3O2/c18-13(16-7-3-1-4-8-16)11-10-15-12-6-2-5-9-17(12)14(11)19/h2,5-6,9-10H,1,3-4,7-8H2. The number of likely N-dealkylation sites (tertiary alicyclic amines) is 1. The third kappa shape index (κ3) is 2.12. The Morgan fingerprint density at radius 2 is 1.95 bits per heavy atom. The molecule has 19 heavy (non-hydrogen) atoms. The molecule has 1 aliphatic heterocycles. The number of nitrogens with zero attached hydrogens (tertiary/aromatic N) is 3. The highest BCUT2D eigenvalue weighted by atomic mass is 16.2. The van der Waals surface area contributed by atoms with Crippen molar-refractivity contribution in [2.75, 3.05) is 13.1 Å². The Hall–Kier alpha value is -2.17. The van der Waals surface area contributed by atoms with Gasteiger partial charge >= 0.3 is 0 Å². The minimum Gasteiger partial charge on any atom is -0.338 e. The van der Waals surface area contributed by atoms with Gasteiger partial charge in [0.1, 0.15) is 11.2 Å². The topological polar surface area (TPSA) is 54.7 Å². The third-order valence-corrected chi connectivity index (χ3v) is 3.49. The van der Waals surface area contributed by atoms with Crippen LogP contribution in [0.1, 0.15) is 29.6 Å². The van der Waals surface area contributed by atoms with Crippen LogP contribution in [0, 0.1) is 0 Å². The predicted octanol–water partition coefficient (Wildman–Crippen LogP) is 1.32. The van der Waals surface area contributed by atoms with E-state index in [0.717, 1.165) is 32.4 Å². The fourth-order valence-corrected chi connectivity index (χ4v) is 2.44. The van der Waals surface area contributed by atoms with Gasteiger partial charge in [-0.3, -0.25) is 14.0 Å². The van der Waals surface area contributed by atoms with E-state index in [1.807, 2.05) is 6.07 Å². The van der Waals surface area contributed by atoms with E-state index in [4.69, 9.17) is 0 Å². The average Bonchev–Trinajstić information content (AvgIpc) is 2.48. The fraction of sp³-hybridized carbons (Fsp3) is 0.357. The van der Waals surface area contributed by atoms with Gasteiger partial charge in [0.05, 0.1) is 0 Å². The van der Waals surface area contributed by atoms with Gasteiger partial charge in [-0.2, -0.15) is 0 Å². The summed E-state index contributed by atoms with van der Waals surface area (Å²) in [5, 5.41) is 0. The number of piperidine rings is 1. The Bertz CT molecular complexity index is 672. The minimum atomic E-state index is -0.291. The Labute approximate surface area is 110 Å². The number of carbonyl (C=O) groups is 1. The van der Waals surface area contributed by atoms with Crippen molar-refractivity contribution in [3.05, 3.63) is 46.5 Å². The number of fused-ring (bicyclic) bond motifs is 1. The Morgan fingerprint density at radius 3 is 2.74 bits per heavy atom. The summed E-state index contributed by atoms with van der Waals surface area (Å²) in [5.41, 5.74) is 0.425. The van der Waals surface area contributed by atoms with Crippen LogP contribution in [-0.2, 0) is 0 Å². The van der Waals surface area contributed by atoms with Crippen LogP contribution in [-0.4, -0.2) is 33.3 Å². The van der Waals surface area contributed by atoms with Gasteiger partial charge in [0, 0.05) is 25.5 Å². The smallest absolute Gasteiger partial charge is 0.270 e. The van der Waals surface area contributed by atoms with Crippen molar-refractivity contribution in [2.45, 2.75) is 19.3 Å². The molecular weight excluding hydrogens is 242 g/mol. The van der Waals surface area contributed by atoms with Crippen molar-refractivity contribution < 1.29 is 4.79 Å². The zero-order chi connectivity index (χ0) is 13.2. The summed E-state index contributed by atoms with van der Waals surface area (Å²) in [4.78, 5) is 30.5. The molecule has 0 atom stereocenters. The van der Waals surface area contributed by atoms with E-state index >= 15 is 0 Å². The first-order chi connectivity index (χ1) is 9.27. The number of aromatic nitrogens is 2. The highest BCUT2D eigenvalue weighted by Crippen LogP contribution is 2.11. The SMILES string of the molecule is O=C(c1cnc2ccccn2c1=O)N1CCCCC1. The molecule has 1 amide bonds. The van der Waals surface area contributed by atoms with Crippen molar-refractivity contribution >= 4 is 11.6 Å². The van der Waals surface area contributed by atoms with Crippen LogP contribution < -0.4 is 5.56 Å². The first-order valence-corrected chi connectivity index (χ1v) is 6.53. The monoisotopic (exact) mass is 257 g/mol. The van der Waals surface area contributed by atoms with Crippen LogP contribution in [0.25, 0.3) is 5.65 Å². The number of rotatable bonds is 1. The third-order valence-electron chi connectivity index (χ3n) is 3.49. The van der Waals surface area contributed by atoms with E-state index in [0.29, 0.717) is 5.65 Å². The number of carbonyl (C=O) groups excluding carboxylic acids is 1. The molecule has 2 aromatic heterocycles. The summed E-state index contributed by atoms with van der Waals surface area (Å²) in [6.07, 6.45) is 6.20. The summed E-state index contributed by atoms with van der Waals surface area (Å²) >= 11 is 0. The molecule has 3 heterocycles. The molecule has 0 radical (unpaired) electrons. The molecule has 5 nitrogen and oxygen atoms in total. The van der Waals surface area contributed by atoms with E-state index < -0.39 is 0 Å². The van der Waals surface area contributed by atoms with Crippen LogP contribution in [0.2, 0.25) is 0 Å². The summed E-state index contributed by atoms with van der Waals surface area (Å²) in [5.74, 6) is -0.199. The molecule has 5 heteroatoms. The second-order valence-corrected chi connectivity index (χ2v) is 4.76. The first-order valence-electron chi connectivity index (χ1n) is 6.53. The zero-order valence-electron chi connectivity index (χ0n) is 10.6. The Balaban J connectivity index is 2.03. The summed E-state index contributed by atoms with van der Waals surface area (Å²) in [7, 11) is 0. The molecule has 0 saturated carbocycles. The number of hydrogen-bond acceptors (Lipinski definition) is 3. The second kappa shape index (κ2) is 4.84. The van der Waals surface area contributed by atoms with Crippen molar-refractivity contribution in [3.63, 3.8) is 0 Å². The van der Waals surface area contributed by atoms with Gasteiger partial charge < -0.3 is 4.90 Å². The van der Waals surface area contributed by atoms with Gasteiger partial charge in [-0.15, -0.1) is 0 Å². The van der Waals surface area contributed by atoms with E-state index in [1.165, 1.54) is 10.6 Å². The molecule has 1 saturated heterocycles. The number of pyridine rings is 1. The zero-order valence-corrected chi connectivity index (χ0v) is 10.6. The molecule has 2 aromatic rings. The van der Waals surface area contributed by atoms with Crippen LogP contribution in [0.5, 0.6) is 0 Å². The van der Waals surface area contributed by atoms with Crippen LogP contribution >= 0.6 is 0 Å². The van der Waals surface area contributed by atoms with E-state index in [1.54, 1.807) is 23.2 Å². The molecule has 0 aliphatic carbocycles. The molecule has 3 rings (SSSR count). The lowest BCUT2D eigenvalue weighted by Gasteiger charge is -2.26. The quantitative estimate of drug-likeness (QED) is 0.774. The molecule has 0 bridgehead atoms. The van der Waals surface area contributed by atoms with Crippen molar-refractivity contribution in [3.8, 4) is 0 Å². The summed E-state index contributed by atoms with van der Waals surface area (Å²) in [6, 6.07) is 5.32. The van der Waals surface area contributed by atoms with Gasteiger partial charge in [-0.25, -0.2) is 4.98 Å². The number of amides is 1. The molecule has 1 aliphatic rings. The van der Waals surface area contributed by atoms with Gasteiger partial charge in [0.15, 0.2) is 0 Å². The predicted molar refractivity (Wildman–Crippen MR) is 71.2 cm³/mol. The average molecular weight is 257 g/mol. The number of hydrogen-bond donors (Lipinski definition) is 0. The lowest BCUT2D eigenvalue weighted by atomic mass is 10.1. The van der Waals surface area contributed by atoms with Crippen LogP contribution in [0.3, 0.4) is 0 Å². The second-order valence-electron chi connectivity index (χ2n) is 4.76. The highest BCUT2D eigenvalue weighted by molar-refractivity contribution is 5.93. The lowest BCUT2D eigenvalue weighted by Crippen LogP contribution is -2.39. The van der Waals surface area contributed by atoms with Crippen LogP contribution in [0.15, 0.2) is 35.4 Å². The molecule has 0 spiro atoms. The normalized spacial score (nSPS) is 15.7. The Kier molecular flexibility index (Phi) is 3.03. The first kappa shape index (κ1) is 11.9. The van der Waals surface area contributed by atoms with Crippen molar-refractivity contribution in [1.82, 2.24) is 14.3 Å². The fourth-order valence-electron chi connectivity index (χ4n) is 2.44. The van der Waals surface area contributed by atoms with E-state index in [9.17, 15) is 9.59 Å². The molecular formula is C14H15N3O2. The van der Waals surface area contributed by atoms with Gasteiger partial charge in [0.2, 0.25) is 0 Å². The highest BCUT2D eigenvalue weighted by Gasteiger charge is 2.21. The lowest BCUT2D eigenvalue weighted by molar-refractivity contribution is 0.0722. The molecule has 1 fully saturated rings. The van der Waals surface area contributed by atoms with Crippen molar-refractivity contribution in [2.24, 2.45) is 0 Å². The van der Waals surface area contributed by atoms with Crippen molar-refractivity contribution in [1.29, 1.82) is 0 Å². The maximum absolute atomic E-state index is 12.3. The maximum atomic E-state index is 12.3. The van der Waals surface area contributed by atoms with Gasteiger partial charge in [0.25, 0.3) is 11.5 Å².